The molecule has 1 aromatic rings. The van der Waals surface area contributed by atoms with Crippen molar-refractivity contribution < 1.29 is 0 Å². The van der Waals surface area contributed by atoms with Crippen LogP contribution < -0.4 is 5.73 Å². The molecule has 2 N–H and O–H groups in total. The maximum atomic E-state index is 6.12. The average molecular weight is 372 g/mol. The van der Waals surface area contributed by atoms with E-state index >= 15 is 0 Å². The quantitative estimate of drug-likeness (QED) is 0.706. The maximum Gasteiger partial charge on any atom is 0.0320 e. The summed E-state index contributed by atoms with van der Waals surface area (Å²) in [6.07, 6.45) is 4.80. The van der Waals surface area contributed by atoms with Crippen molar-refractivity contribution in [3.05, 3.63) is 32.7 Å². The van der Waals surface area contributed by atoms with E-state index in [1.165, 1.54) is 24.8 Å². The molecule has 1 aromatic carbocycles. The molecule has 0 saturated heterocycles. The number of hydrogen-bond donors (Lipinski definition) is 1. The second-order valence-corrected chi connectivity index (χ2v) is 5.48. The summed E-state index contributed by atoms with van der Waals surface area (Å²) in [6, 6.07) is 6.39. The highest BCUT2D eigenvalue weighted by molar-refractivity contribution is 9.13. The molecule has 1 nitrogen and oxygen atoms in total. The Hall–Kier alpha value is 0.430. The van der Waals surface area contributed by atoms with E-state index < -0.39 is 0 Å². The van der Waals surface area contributed by atoms with Gasteiger partial charge in [-0.25, -0.2) is 0 Å². The van der Waals surface area contributed by atoms with Gasteiger partial charge in [0.15, 0.2) is 0 Å². The highest BCUT2D eigenvalue weighted by Crippen LogP contribution is 2.27. The molecule has 0 unspecified atom stereocenters. The van der Waals surface area contributed by atoms with Gasteiger partial charge in [-0.05, 0) is 56.0 Å². The summed E-state index contributed by atoms with van der Waals surface area (Å²) in [5.74, 6) is 0. The predicted octanol–water partition coefficient (Wildman–Crippen LogP) is 5.21. The standard InChI is InChI=1S/C12H17Br2N.ClH/c1-2-3-4-5-12(15)9-6-7-10(13)11(14)8-9;/h6-8,12H,2-5,15H2,1H3;1H/t12-;/m1./s1. The first-order valence-electron chi connectivity index (χ1n) is 5.35. The fourth-order valence-corrected chi connectivity index (χ4v) is 2.17. The van der Waals surface area contributed by atoms with Gasteiger partial charge in [-0.3, -0.25) is 0 Å². The summed E-state index contributed by atoms with van der Waals surface area (Å²) in [6.45, 7) is 2.21. The van der Waals surface area contributed by atoms with Crippen LogP contribution in [-0.4, -0.2) is 0 Å². The van der Waals surface area contributed by atoms with Gasteiger partial charge in [-0.1, -0.05) is 32.3 Å². The largest absolute Gasteiger partial charge is 0.324 e. The van der Waals surface area contributed by atoms with Crippen LogP contribution >= 0.6 is 44.3 Å². The Labute approximate surface area is 121 Å². The number of rotatable bonds is 5. The van der Waals surface area contributed by atoms with E-state index in [2.05, 4.69) is 50.9 Å². The van der Waals surface area contributed by atoms with Gasteiger partial charge in [-0.15, -0.1) is 12.4 Å². The van der Waals surface area contributed by atoms with E-state index in [-0.39, 0.29) is 18.4 Å². The SMILES string of the molecule is CCCCC[C@@H](N)c1ccc(Br)c(Br)c1.Cl. The van der Waals surface area contributed by atoms with Crippen molar-refractivity contribution in [2.45, 2.75) is 38.6 Å². The van der Waals surface area contributed by atoms with E-state index in [9.17, 15) is 0 Å². The molecular weight excluding hydrogens is 353 g/mol. The Morgan fingerprint density at radius 2 is 1.88 bits per heavy atom. The lowest BCUT2D eigenvalue weighted by atomic mass is 10.0. The Morgan fingerprint density at radius 1 is 1.19 bits per heavy atom. The van der Waals surface area contributed by atoms with Crippen LogP contribution in [0.3, 0.4) is 0 Å². The topological polar surface area (TPSA) is 26.0 Å². The third-order valence-electron chi connectivity index (χ3n) is 2.49. The van der Waals surface area contributed by atoms with Crippen molar-refractivity contribution in [2.24, 2.45) is 5.73 Å². The van der Waals surface area contributed by atoms with Gasteiger partial charge >= 0.3 is 0 Å². The second-order valence-electron chi connectivity index (χ2n) is 3.78. The van der Waals surface area contributed by atoms with E-state index in [0.29, 0.717) is 0 Å². The first-order chi connectivity index (χ1) is 7.15. The summed E-state index contributed by atoms with van der Waals surface area (Å²) in [5.41, 5.74) is 7.33. The molecule has 1 atom stereocenters. The van der Waals surface area contributed by atoms with Crippen molar-refractivity contribution in [2.75, 3.05) is 0 Å². The number of unbranched alkanes of at least 4 members (excludes halogenated alkanes) is 2. The van der Waals surface area contributed by atoms with Crippen molar-refractivity contribution in [3.63, 3.8) is 0 Å². The van der Waals surface area contributed by atoms with E-state index in [1.807, 2.05) is 6.07 Å². The molecule has 0 aliphatic carbocycles. The van der Waals surface area contributed by atoms with Gasteiger partial charge in [0.2, 0.25) is 0 Å². The Kier molecular flexibility index (Phi) is 8.74. The zero-order valence-electron chi connectivity index (χ0n) is 9.38. The van der Waals surface area contributed by atoms with Crippen LogP contribution in [0.1, 0.15) is 44.2 Å². The van der Waals surface area contributed by atoms with Crippen LogP contribution in [-0.2, 0) is 0 Å². The van der Waals surface area contributed by atoms with Crippen LogP contribution in [0.2, 0.25) is 0 Å². The fourth-order valence-electron chi connectivity index (χ4n) is 1.52. The van der Waals surface area contributed by atoms with Gasteiger partial charge in [0, 0.05) is 15.0 Å². The molecule has 1 rings (SSSR count). The molecule has 0 radical (unpaired) electrons. The highest BCUT2D eigenvalue weighted by Gasteiger charge is 2.07. The summed E-state index contributed by atoms with van der Waals surface area (Å²) in [5, 5.41) is 0. The van der Waals surface area contributed by atoms with Crippen LogP contribution in [0.25, 0.3) is 0 Å². The molecule has 0 amide bonds. The molecule has 0 aromatic heterocycles. The van der Waals surface area contributed by atoms with Crippen molar-refractivity contribution in [1.82, 2.24) is 0 Å². The second kappa shape index (κ2) is 8.51. The normalized spacial score (nSPS) is 12.0. The smallest absolute Gasteiger partial charge is 0.0320 e. The molecule has 4 heteroatoms. The summed E-state index contributed by atoms with van der Waals surface area (Å²) in [7, 11) is 0. The van der Waals surface area contributed by atoms with E-state index in [1.54, 1.807) is 0 Å². The molecule has 0 aliphatic rings. The first-order valence-corrected chi connectivity index (χ1v) is 6.94. The molecule has 0 spiro atoms. The van der Waals surface area contributed by atoms with Crippen LogP contribution in [0.5, 0.6) is 0 Å². The molecule has 0 bridgehead atoms. The van der Waals surface area contributed by atoms with Crippen LogP contribution in [0, 0.1) is 0 Å². The molecule has 16 heavy (non-hydrogen) atoms. The Morgan fingerprint density at radius 3 is 2.44 bits per heavy atom. The Bertz CT molecular complexity index is 318. The molecule has 0 fully saturated rings. The Balaban J connectivity index is 0.00000225. The lowest BCUT2D eigenvalue weighted by Gasteiger charge is -2.12. The number of halogens is 3. The van der Waals surface area contributed by atoms with E-state index in [4.69, 9.17) is 5.73 Å². The van der Waals surface area contributed by atoms with Crippen molar-refractivity contribution >= 4 is 44.3 Å². The third-order valence-corrected chi connectivity index (χ3v) is 4.37. The molecule has 0 saturated carbocycles. The molecule has 0 aliphatic heterocycles. The fraction of sp³-hybridized carbons (Fsp3) is 0.500. The molecule has 0 heterocycles. The zero-order valence-corrected chi connectivity index (χ0v) is 13.4. The maximum absolute atomic E-state index is 6.12. The molecular formula is C12H18Br2ClN. The van der Waals surface area contributed by atoms with Crippen LogP contribution in [0.4, 0.5) is 0 Å². The van der Waals surface area contributed by atoms with Gasteiger partial charge < -0.3 is 5.73 Å². The third kappa shape index (κ3) is 5.17. The molecule has 92 valence electrons. The van der Waals surface area contributed by atoms with Gasteiger partial charge in [-0.2, -0.15) is 0 Å². The van der Waals surface area contributed by atoms with Crippen molar-refractivity contribution in [1.29, 1.82) is 0 Å². The highest BCUT2D eigenvalue weighted by atomic mass is 79.9. The summed E-state index contributed by atoms with van der Waals surface area (Å²) < 4.78 is 2.15. The summed E-state index contributed by atoms with van der Waals surface area (Å²) >= 11 is 6.95. The number of benzene rings is 1. The number of nitrogens with two attached hydrogens (primary N) is 1. The van der Waals surface area contributed by atoms with Crippen LogP contribution in [0.15, 0.2) is 27.1 Å². The lowest BCUT2D eigenvalue weighted by Crippen LogP contribution is -2.09. The minimum absolute atomic E-state index is 0. The number of hydrogen-bond acceptors (Lipinski definition) is 1. The minimum Gasteiger partial charge on any atom is -0.324 e. The minimum atomic E-state index is 0. The average Bonchev–Trinajstić information content (AvgIpc) is 2.22. The first kappa shape index (κ1) is 16.4. The summed E-state index contributed by atoms with van der Waals surface area (Å²) in [4.78, 5) is 0. The zero-order chi connectivity index (χ0) is 11.3. The van der Waals surface area contributed by atoms with E-state index in [0.717, 1.165) is 15.4 Å². The van der Waals surface area contributed by atoms with Gasteiger partial charge in [0.25, 0.3) is 0 Å². The monoisotopic (exact) mass is 369 g/mol. The van der Waals surface area contributed by atoms with Gasteiger partial charge in [0.1, 0.15) is 0 Å². The van der Waals surface area contributed by atoms with Crippen molar-refractivity contribution in [3.8, 4) is 0 Å². The lowest BCUT2D eigenvalue weighted by molar-refractivity contribution is 0.581. The van der Waals surface area contributed by atoms with Gasteiger partial charge in [0.05, 0.1) is 0 Å². The predicted molar refractivity (Wildman–Crippen MR) is 80.2 cm³/mol.